The minimum absolute atomic E-state index is 0.156. The van der Waals surface area contributed by atoms with E-state index in [9.17, 15) is 4.79 Å². The van der Waals surface area contributed by atoms with Gasteiger partial charge in [-0.2, -0.15) is 4.98 Å². The molecular formula is C22H23N3O5. The fourth-order valence-electron chi connectivity index (χ4n) is 3.71. The molecule has 2 aromatic carbocycles. The van der Waals surface area contributed by atoms with Gasteiger partial charge in [0.05, 0.1) is 21.3 Å². The van der Waals surface area contributed by atoms with Crippen LogP contribution in [0, 0.1) is 0 Å². The van der Waals surface area contributed by atoms with Crippen molar-refractivity contribution in [3.05, 3.63) is 53.9 Å². The maximum absolute atomic E-state index is 13.3. The van der Waals surface area contributed by atoms with Crippen molar-refractivity contribution >= 4 is 5.91 Å². The Kier molecular flexibility index (Phi) is 5.56. The molecule has 0 N–H and O–H groups in total. The van der Waals surface area contributed by atoms with E-state index in [1.807, 2.05) is 30.3 Å². The second kappa shape index (κ2) is 8.44. The van der Waals surface area contributed by atoms with Crippen molar-refractivity contribution < 1.29 is 23.5 Å². The Morgan fingerprint density at radius 3 is 2.40 bits per heavy atom. The molecule has 3 aromatic rings. The van der Waals surface area contributed by atoms with Crippen molar-refractivity contribution in [3.8, 4) is 28.6 Å². The number of methoxy groups -OCH3 is 3. The van der Waals surface area contributed by atoms with Crippen LogP contribution < -0.4 is 14.2 Å². The van der Waals surface area contributed by atoms with Crippen LogP contribution in [-0.4, -0.2) is 48.8 Å². The molecule has 8 nitrogen and oxygen atoms in total. The predicted molar refractivity (Wildman–Crippen MR) is 109 cm³/mol. The van der Waals surface area contributed by atoms with Crippen molar-refractivity contribution in [2.75, 3.05) is 27.9 Å². The summed E-state index contributed by atoms with van der Waals surface area (Å²) in [5.41, 5.74) is 1.31. The van der Waals surface area contributed by atoms with E-state index in [0.717, 1.165) is 18.4 Å². The Hall–Kier alpha value is -3.55. The molecule has 4 rings (SSSR count). The highest BCUT2D eigenvalue weighted by Gasteiger charge is 2.35. The Bertz CT molecular complexity index is 1010. The molecule has 0 unspecified atom stereocenters. The van der Waals surface area contributed by atoms with Crippen LogP contribution in [0.4, 0.5) is 0 Å². The number of carbonyl (C=O) groups is 1. The molecule has 2 heterocycles. The number of rotatable bonds is 6. The summed E-state index contributed by atoms with van der Waals surface area (Å²) in [6, 6.07) is 12.6. The lowest BCUT2D eigenvalue weighted by Gasteiger charge is -2.23. The van der Waals surface area contributed by atoms with Crippen LogP contribution >= 0.6 is 0 Å². The van der Waals surface area contributed by atoms with Gasteiger partial charge in [0.15, 0.2) is 11.5 Å². The number of nitrogens with zero attached hydrogens (tertiary/aromatic N) is 3. The Morgan fingerprint density at radius 2 is 1.77 bits per heavy atom. The molecule has 0 bridgehead atoms. The van der Waals surface area contributed by atoms with E-state index in [4.69, 9.17) is 18.7 Å². The molecule has 8 heteroatoms. The van der Waals surface area contributed by atoms with Crippen molar-refractivity contribution in [3.63, 3.8) is 0 Å². The molecule has 1 amide bonds. The molecule has 1 aliphatic heterocycles. The highest BCUT2D eigenvalue weighted by molar-refractivity contribution is 5.96. The zero-order valence-corrected chi connectivity index (χ0v) is 17.1. The third-order valence-electron chi connectivity index (χ3n) is 5.18. The second-order valence-electron chi connectivity index (χ2n) is 6.89. The van der Waals surface area contributed by atoms with Crippen molar-refractivity contribution in [1.82, 2.24) is 15.0 Å². The third kappa shape index (κ3) is 3.56. The monoisotopic (exact) mass is 409 g/mol. The van der Waals surface area contributed by atoms with Gasteiger partial charge in [-0.1, -0.05) is 35.5 Å². The fraction of sp³-hybridized carbons (Fsp3) is 0.318. The van der Waals surface area contributed by atoms with E-state index in [-0.39, 0.29) is 11.9 Å². The van der Waals surface area contributed by atoms with Crippen LogP contribution in [0.3, 0.4) is 0 Å². The van der Waals surface area contributed by atoms with Crippen molar-refractivity contribution in [2.24, 2.45) is 0 Å². The van der Waals surface area contributed by atoms with Gasteiger partial charge in [-0.05, 0) is 25.0 Å². The van der Waals surface area contributed by atoms with Crippen LogP contribution in [0.2, 0.25) is 0 Å². The van der Waals surface area contributed by atoms with E-state index in [0.29, 0.717) is 41.1 Å². The minimum Gasteiger partial charge on any atom is -0.493 e. The van der Waals surface area contributed by atoms with Gasteiger partial charge in [-0.15, -0.1) is 0 Å². The number of hydrogen-bond acceptors (Lipinski definition) is 7. The van der Waals surface area contributed by atoms with Crippen LogP contribution in [0.1, 0.15) is 35.1 Å². The lowest BCUT2D eigenvalue weighted by atomic mass is 10.1. The molecule has 1 saturated heterocycles. The van der Waals surface area contributed by atoms with Gasteiger partial charge in [0, 0.05) is 17.7 Å². The molecule has 0 aliphatic carbocycles. The van der Waals surface area contributed by atoms with Crippen molar-refractivity contribution in [1.29, 1.82) is 0 Å². The van der Waals surface area contributed by atoms with Gasteiger partial charge < -0.3 is 23.6 Å². The largest absolute Gasteiger partial charge is 0.493 e. The summed E-state index contributed by atoms with van der Waals surface area (Å²) < 4.78 is 21.6. The first-order valence-electron chi connectivity index (χ1n) is 9.66. The molecule has 1 atom stereocenters. The smallest absolute Gasteiger partial charge is 0.254 e. The maximum atomic E-state index is 13.3. The molecule has 1 aliphatic rings. The number of aromatic nitrogens is 2. The van der Waals surface area contributed by atoms with Crippen molar-refractivity contribution in [2.45, 2.75) is 18.9 Å². The first-order valence-corrected chi connectivity index (χ1v) is 9.66. The fourth-order valence-corrected chi connectivity index (χ4v) is 3.71. The lowest BCUT2D eigenvalue weighted by Crippen LogP contribution is -2.30. The summed E-state index contributed by atoms with van der Waals surface area (Å²) in [4.78, 5) is 19.6. The summed E-state index contributed by atoms with van der Waals surface area (Å²) >= 11 is 0. The van der Waals surface area contributed by atoms with E-state index < -0.39 is 0 Å². The first-order chi connectivity index (χ1) is 14.7. The normalized spacial score (nSPS) is 15.8. The molecule has 1 aromatic heterocycles. The molecule has 0 spiro atoms. The standard InChI is InChI=1S/C22H23N3O5/c1-27-17-12-15(13-18(28-2)19(17)29-3)22(26)25-11-7-10-16(25)21-23-20(24-30-21)14-8-5-4-6-9-14/h4-6,8-9,12-13,16H,7,10-11H2,1-3H3/t16-/m0/s1. The van der Waals surface area contributed by atoms with Crippen LogP contribution in [-0.2, 0) is 0 Å². The number of carbonyl (C=O) groups excluding carboxylic acids is 1. The molecule has 30 heavy (non-hydrogen) atoms. The summed E-state index contributed by atoms with van der Waals surface area (Å²) in [5, 5.41) is 4.09. The van der Waals surface area contributed by atoms with E-state index in [1.54, 1.807) is 17.0 Å². The van der Waals surface area contributed by atoms with Gasteiger partial charge in [-0.3, -0.25) is 4.79 Å². The van der Waals surface area contributed by atoms with E-state index in [2.05, 4.69) is 10.1 Å². The number of hydrogen-bond donors (Lipinski definition) is 0. The highest BCUT2D eigenvalue weighted by atomic mass is 16.5. The molecule has 1 fully saturated rings. The number of ether oxygens (including phenoxy) is 3. The molecule has 0 radical (unpaired) electrons. The van der Waals surface area contributed by atoms with Gasteiger partial charge in [0.25, 0.3) is 5.91 Å². The molecule has 156 valence electrons. The van der Waals surface area contributed by atoms with Crippen LogP contribution in [0.15, 0.2) is 47.0 Å². The summed E-state index contributed by atoms with van der Waals surface area (Å²) in [5.74, 6) is 2.10. The lowest BCUT2D eigenvalue weighted by molar-refractivity contribution is 0.0709. The average molecular weight is 409 g/mol. The quantitative estimate of drug-likeness (QED) is 0.613. The molecule has 0 saturated carbocycles. The van der Waals surface area contributed by atoms with E-state index in [1.165, 1.54) is 21.3 Å². The molecular weight excluding hydrogens is 386 g/mol. The maximum Gasteiger partial charge on any atom is 0.254 e. The topological polar surface area (TPSA) is 86.9 Å². The van der Waals surface area contributed by atoms with Crippen LogP contribution in [0.25, 0.3) is 11.4 Å². The highest BCUT2D eigenvalue weighted by Crippen LogP contribution is 2.40. The zero-order valence-electron chi connectivity index (χ0n) is 17.1. The summed E-state index contributed by atoms with van der Waals surface area (Å²) in [6.07, 6.45) is 1.61. The predicted octanol–water partition coefficient (Wildman–Crippen LogP) is 3.74. The first kappa shape index (κ1) is 19.8. The number of benzene rings is 2. The number of likely N-dealkylation sites (tertiary alicyclic amines) is 1. The summed E-state index contributed by atoms with van der Waals surface area (Å²) in [7, 11) is 4.57. The van der Waals surface area contributed by atoms with E-state index >= 15 is 0 Å². The second-order valence-corrected chi connectivity index (χ2v) is 6.89. The Labute approximate surface area is 174 Å². The number of amides is 1. The third-order valence-corrected chi connectivity index (χ3v) is 5.18. The van der Waals surface area contributed by atoms with Gasteiger partial charge in [0.2, 0.25) is 17.5 Å². The average Bonchev–Trinajstić information content (AvgIpc) is 3.47. The zero-order chi connectivity index (χ0) is 21.1. The van der Waals surface area contributed by atoms with Gasteiger partial charge >= 0.3 is 0 Å². The van der Waals surface area contributed by atoms with Gasteiger partial charge in [0.1, 0.15) is 6.04 Å². The Morgan fingerprint density at radius 1 is 1.07 bits per heavy atom. The van der Waals surface area contributed by atoms with Crippen LogP contribution in [0.5, 0.6) is 17.2 Å². The summed E-state index contributed by atoms with van der Waals surface area (Å²) in [6.45, 7) is 0.600. The Balaban J connectivity index is 1.63. The SMILES string of the molecule is COc1cc(C(=O)N2CCC[C@H]2c2nc(-c3ccccc3)no2)cc(OC)c1OC. The minimum atomic E-state index is -0.276. The van der Waals surface area contributed by atoms with Gasteiger partial charge in [-0.25, -0.2) is 0 Å².